The average molecular weight is 309 g/mol. The van der Waals surface area contributed by atoms with Gasteiger partial charge in [-0.3, -0.25) is 4.79 Å². The number of hydrogen-bond donors (Lipinski definition) is 1. The third-order valence-electron chi connectivity index (χ3n) is 3.57. The Hall–Kier alpha value is -2.24. The molecule has 1 aromatic carbocycles. The molecule has 6 heteroatoms. The fraction of sp³-hybridized carbons (Fsp3) is 0.375. The maximum Gasteiger partial charge on any atom is 0.333 e. The number of hydrogen-bond acceptors (Lipinski definition) is 3. The quantitative estimate of drug-likeness (QED) is 0.672. The highest BCUT2D eigenvalue weighted by Gasteiger charge is 2.27. The lowest BCUT2D eigenvalue weighted by Gasteiger charge is -2.18. The number of allylic oxidation sites excluding steroid dienone is 2. The Morgan fingerprint density at radius 2 is 2.18 bits per heavy atom. The molecule has 1 aromatic rings. The van der Waals surface area contributed by atoms with Gasteiger partial charge in [0.25, 0.3) is 0 Å². The van der Waals surface area contributed by atoms with E-state index in [0.29, 0.717) is 0 Å². The molecule has 1 aliphatic carbocycles. The van der Waals surface area contributed by atoms with Crippen molar-refractivity contribution in [3.63, 3.8) is 0 Å². The highest BCUT2D eigenvalue weighted by molar-refractivity contribution is 5.85. The van der Waals surface area contributed by atoms with Gasteiger partial charge in [0.15, 0.2) is 6.04 Å². The van der Waals surface area contributed by atoms with E-state index in [9.17, 15) is 18.4 Å². The standard InChI is InChI=1S/C16H17F2NO3/c1-22-16(21)15(12-9-11(17)6-7-13(12)18)19-14(20)8-10-4-2-3-5-10/h2,4,6-7,9-10,15H,3,5,8H2,1H3,(H,19,20)/t10-,15+/m0/s1. The molecule has 22 heavy (non-hydrogen) atoms. The normalized spacial score (nSPS) is 18.0. The van der Waals surface area contributed by atoms with Crippen molar-refractivity contribution in [1.82, 2.24) is 5.32 Å². The van der Waals surface area contributed by atoms with Gasteiger partial charge in [-0.1, -0.05) is 12.2 Å². The first kappa shape index (κ1) is 16.1. The van der Waals surface area contributed by atoms with Crippen LogP contribution in [0.25, 0.3) is 0 Å². The average Bonchev–Trinajstić information content (AvgIpc) is 2.99. The lowest BCUT2D eigenvalue weighted by Crippen LogP contribution is -2.35. The molecule has 0 aromatic heterocycles. The highest BCUT2D eigenvalue weighted by atomic mass is 19.1. The zero-order valence-electron chi connectivity index (χ0n) is 12.1. The fourth-order valence-corrected chi connectivity index (χ4v) is 2.44. The van der Waals surface area contributed by atoms with Gasteiger partial charge >= 0.3 is 5.97 Å². The molecule has 0 spiro atoms. The van der Waals surface area contributed by atoms with Crippen LogP contribution in [0.4, 0.5) is 8.78 Å². The number of rotatable bonds is 5. The molecule has 0 saturated heterocycles. The zero-order valence-corrected chi connectivity index (χ0v) is 12.1. The third kappa shape index (κ3) is 3.90. The van der Waals surface area contributed by atoms with E-state index >= 15 is 0 Å². The summed E-state index contributed by atoms with van der Waals surface area (Å²) < 4.78 is 31.7. The molecule has 4 nitrogen and oxygen atoms in total. The molecule has 0 radical (unpaired) electrons. The zero-order chi connectivity index (χ0) is 16.1. The predicted molar refractivity (Wildman–Crippen MR) is 75.7 cm³/mol. The van der Waals surface area contributed by atoms with E-state index in [-0.39, 0.29) is 17.9 Å². The first-order chi connectivity index (χ1) is 10.5. The lowest BCUT2D eigenvalue weighted by molar-refractivity contribution is -0.145. The van der Waals surface area contributed by atoms with E-state index in [1.807, 2.05) is 12.2 Å². The number of nitrogens with one attached hydrogen (secondary N) is 1. The SMILES string of the molecule is COC(=O)[C@H](NC(=O)C[C@H]1C=CCC1)c1cc(F)ccc1F. The number of halogens is 2. The Morgan fingerprint density at radius 3 is 2.82 bits per heavy atom. The number of carbonyl (C=O) groups is 2. The number of amides is 1. The van der Waals surface area contributed by atoms with E-state index in [0.717, 1.165) is 38.2 Å². The van der Waals surface area contributed by atoms with Crippen molar-refractivity contribution in [3.8, 4) is 0 Å². The van der Waals surface area contributed by atoms with Gasteiger partial charge in [-0.2, -0.15) is 0 Å². The second-order valence-electron chi connectivity index (χ2n) is 5.16. The molecule has 1 amide bonds. The molecule has 0 heterocycles. The summed E-state index contributed by atoms with van der Waals surface area (Å²) in [4.78, 5) is 23.8. The van der Waals surface area contributed by atoms with Crippen molar-refractivity contribution in [2.24, 2.45) is 5.92 Å². The number of benzene rings is 1. The van der Waals surface area contributed by atoms with Gasteiger partial charge in [0.2, 0.25) is 5.91 Å². The molecule has 1 N–H and O–H groups in total. The summed E-state index contributed by atoms with van der Waals surface area (Å²) >= 11 is 0. The van der Waals surface area contributed by atoms with Crippen LogP contribution in [0.3, 0.4) is 0 Å². The molecule has 0 bridgehead atoms. The molecule has 0 unspecified atom stereocenters. The van der Waals surface area contributed by atoms with Crippen LogP contribution in [0, 0.1) is 17.6 Å². The van der Waals surface area contributed by atoms with Crippen molar-refractivity contribution >= 4 is 11.9 Å². The maximum absolute atomic E-state index is 13.8. The molecule has 2 rings (SSSR count). The largest absolute Gasteiger partial charge is 0.467 e. The Balaban J connectivity index is 2.15. The Bertz CT molecular complexity index is 601. The topological polar surface area (TPSA) is 55.4 Å². The molecule has 2 atom stereocenters. The molecule has 1 aliphatic rings. The van der Waals surface area contributed by atoms with Gasteiger partial charge in [-0.25, -0.2) is 13.6 Å². The summed E-state index contributed by atoms with van der Waals surface area (Å²) in [7, 11) is 1.12. The number of methoxy groups -OCH3 is 1. The van der Waals surface area contributed by atoms with E-state index in [1.165, 1.54) is 0 Å². The van der Waals surface area contributed by atoms with Crippen LogP contribution >= 0.6 is 0 Å². The number of ether oxygens (including phenoxy) is 1. The second kappa shape index (κ2) is 7.15. The molecule has 0 aliphatic heterocycles. The summed E-state index contributed by atoms with van der Waals surface area (Å²) in [5, 5.41) is 2.42. The van der Waals surface area contributed by atoms with E-state index in [1.54, 1.807) is 0 Å². The van der Waals surface area contributed by atoms with Gasteiger partial charge in [0.1, 0.15) is 11.6 Å². The number of carbonyl (C=O) groups excluding carboxylic acids is 2. The van der Waals surface area contributed by atoms with Crippen LogP contribution in [0.5, 0.6) is 0 Å². The van der Waals surface area contributed by atoms with Crippen LogP contribution in [-0.2, 0) is 14.3 Å². The first-order valence-electron chi connectivity index (χ1n) is 7.00. The Kier molecular flexibility index (Phi) is 5.25. The van der Waals surface area contributed by atoms with Crippen molar-refractivity contribution in [1.29, 1.82) is 0 Å². The fourth-order valence-electron chi connectivity index (χ4n) is 2.44. The van der Waals surface area contributed by atoms with Crippen LogP contribution in [0.15, 0.2) is 30.4 Å². The van der Waals surface area contributed by atoms with Crippen LogP contribution < -0.4 is 5.32 Å². The summed E-state index contributed by atoms with van der Waals surface area (Å²) in [6.45, 7) is 0. The van der Waals surface area contributed by atoms with Gasteiger partial charge in [0, 0.05) is 12.0 Å². The molecular weight excluding hydrogens is 292 g/mol. The molecule has 118 valence electrons. The Morgan fingerprint density at radius 1 is 1.41 bits per heavy atom. The molecule has 0 fully saturated rings. The van der Waals surface area contributed by atoms with Crippen molar-refractivity contribution in [2.45, 2.75) is 25.3 Å². The summed E-state index contributed by atoms with van der Waals surface area (Å²) in [5.74, 6) is -2.62. The van der Waals surface area contributed by atoms with Crippen molar-refractivity contribution < 1.29 is 23.1 Å². The lowest BCUT2D eigenvalue weighted by atomic mass is 10.0. The minimum absolute atomic E-state index is 0.107. The van der Waals surface area contributed by atoms with Gasteiger partial charge in [0.05, 0.1) is 7.11 Å². The minimum Gasteiger partial charge on any atom is -0.467 e. The van der Waals surface area contributed by atoms with Crippen molar-refractivity contribution in [3.05, 3.63) is 47.5 Å². The summed E-state index contributed by atoms with van der Waals surface area (Å²) in [5.41, 5.74) is -0.248. The maximum atomic E-state index is 13.8. The highest BCUT2D eigenvalue weighted by Crippen LogP contribution is 2.23. The smallest absolute Gasteiger partial charge is 0.333 e. The third-order valence-corrected chi connectivity index (χ3v) is 3.57. The minimum atomic E-state index is -1.36. The van der Waals surface area contributed by atoms with E-state index < -0.39 is 29.6 Å². The van der Waals surface area contributed by atoms with Crippen molar-refractivity contribution in [2.75, 3.05) is 7.11 Å². The van der Waals surface area contributed by atoms with Gasteiger partial charge in [-0.05, 0) is 37.0 Å². The number of esters is 1. The molecular formula is C16H17F2NO3. The van der Waals surface area contributed by atoms with Gasteiger partial charge in [-0.15, -0.1) is 0 Å². The molecule has 0 saturated carbocycles. The summed E-state index contributed by atoms with van der Waals surface area (Å²) in [6, 6.07) is 1.37. The second-order valence-corrected chi connectivity index (χ2v) is 5.16. The van der Waals surface area contributed by atoms with Crippen LogP contribution in [0.2, 0.25) is 0 Å². The van der Waals surface area contributed by atoms with E-state index in [2.05, 4.69) is 10.1 Å². The monoisotopic (exact) mass is 309 g/mol. The first-order valence-corrected chi connectivity index (χ1v) is 7.00. The van der Waals surface area contributed by atoms with Gasteiger partial charge < -0.3 is 10.1 Å². The Labute approximate surface area is 127 Å². The van der Waals surface area contributed by atoms with Crippen LogP contribution in [0.1, 0.15) is 30.9 Å². The summed E-state index contributed by atoms with van der Waals surface area (Å²) in [6.07, 6.45) is 5.90. The van der Waals surface area contributed by atoms with E-state index in [4.69, 9.17) is 0 Å². The van der Waals surface area contributed by atoms with Crippen LogP contribution in [-0.4, -0.2) is 19.0 Å². The predicted octanol–water partition coefficient (Wildman–Crippen LogP) is 2.65.